The minimum atomic E-state index is -0.110. The Kier molecular flexibility index (Phi) is 8.26. The molecule has 0 radical (unpaired) electrons. The SMILES string of the molecule is CCN(CC)CCCC(C)NC(=O)c1cc(-c2cccs2)nn1-c1ccc(OC)cc1. The molecule has 1 N–H and O–H groups in total. The summed E-state index contributed by atoms with van der Waals surface area (Å²) in [6.07, 6.45) is 2.00. The molecule has 31 heavy (non-hydrogen) atoms. The number of aromatic nitrogens is 2. The predicted octanol–water partition coefficient (Wildman–Crippen LogP) is 4.85. The number of hydrogen-bond donors (Lipinski definition) is 1. The smallest absolute Gasteiger partial charge is 0.270 e. The zero-order valence-corrected chi connectivity index (χ0v) is 19.6. The minimum Gasteiger partial charge on any atom is -0.497 e. The molecule has 0 fully saturated rings. The van der Waals surface area contributed by atoms with Gasteiger partial charge in [-0.1, -0.05) is 19.9 Å². The Morgan fingerprint density at radius 2 is 1.97 bits per heavy atom. The molecule has 0 spiro atoms. The van der Waals surface area contributed by atoms with Gasteiger partial charge in [-0.15, -0.1) is 11.3 Å². The van der Waals surface area contributed by atoms with Crippen molar-refractivity contribution in [2.45, 2.75) is 39.7 Å². The molecule has 0 aliphatic carbocycles. The van der Waals surface area contributed by atoms with Crippen LogP contribution in [0.25, 0.3) is 16.3 Å². The molecular formula is C24H32N4O2S. The molecule has 2 aromatic heterocycles. The van der Waals surface area contributed by atoms with Crippen LogP contribution in [-0.2, 0) is 0 Å². The van der Waals surface area contributed by atoms with Gasteiger partial charge in [0.1, 0.15) is 17.1 Å². The van der Waals surface area contributed by atoms with E-state index >= 15 is 0 Å². The molecule has 3 rings (SSSR count). The van der Waals surface area contributed by atoms with Gasteiger partial charge in [0.05, 0.1) is 17.7 Å². The van der Waals surface area contributed by atoms with Gasteiger partial charge in [0.25, 0.3) is 5.91 Å². The summed E-state index contributed by atoms with van der Waals surface area (Å²) in [6, 6.07) is 13.5. The van der Waals surface area contributed by atoms with E-state index in [0.717, 1.165) is 54.5 Å². The van der Waals surface area contributed by atoms with E-state index in [0.29, 0.717) is 5.69 Å². The number of carbonyl (C=O) groups excluding carboxylic acids is 1. The molecule has 1 atom stereocenters. The summed E-state index contributed by atoms with van der Waals surface area (Å²) < 4.78 is 6.97. The third-order valence-electron chi connectivity index (χ3n) is 5.42. The van der Waals surface area contributed by atoms with Crippen molar-refractivity contribution >= 4 is 17.2 Å². The number of amides is 1. The van der Waals surface area contributed by atoms with Crippen molar-refractivity contribution in [3.63, 3.8) is 0 Å². The molecule has 0 saturated carbocycles. The molecule has 1 unspecified atom stereocenters. The fourth-order valence-corrected chi connectivity index (χ4v) is 4.22. The lowest BCUT2D eigenvalue weighted by molar-refractivity contribution is 0.0929. The van der Waals surface area contributed by atoms with Crippen LogP contribution in [0.2, 0.25) is 0 Å². The summed E-state index contributed by atoms with van der Waals surface area (Å²) in [5.41, 5.74) is 2.15. The van der Waals surface area contributed by atoms with Gasteiger partial charge < -0.3 is 15.0 Å². The van der Waals surface area contributed by atoms with E-state index in [-0.39, 0.29) is 11.9 Å². The molecule has 0 aliphatic heterocycles. The molecule has 0 aliphatic rings. The second-order valence-electron chi connectivity index (χ2n) is 7.55. The van der Waals surface area contributed by atoms with Crippen LogP contribution in [0, 0.1) is 0 Å². The Bertz CT molecular complexity index is 947. The van der Waals surface area contributed by atoms with Crippen molar-refractivity contribution < 1.29 is 9.53 Å². The molecule has 6 nitrogen and oxygen atoms in total. The molecule has 0 bridgehead atoms. The van der Waals surface area contributed by atoms with Crippen LogP contribution in [0.3, 0.4) is 0 Å². The molecule has 3 aromatic rings. The maximum atomic E-state index is 13.2. The van der Waals surface area contributed by atoms with Gasteiger partial charge in [0.2, 0.25) is 0 Å². The number of carbonyl (C=O) groups is 1. The van der Waals surface area contributed by atoms with Crippen LogP contribution < -0.4 is 10.1 Å². The van der Waals surface area contributed by atoms with Gasteiger partial charge >= 0.3 is 0 Å². The number of nitrogens with one attached hydrogen (secondary N) is 1. The first-order valence-corrected chi connectivity index (χ1v) is 11.7. The highest BCUT2D eigenvalue weighted by Gasteiger charge is 2.19. The Balaban J connectivity index is 1.77. The van der Waals surface area contributed by atoms with E-state index in [4.69, 9.17) is 9.84 Å². The largest absolute Gasteiger partial charge is 0.497 e. The topological polar surface area (TPSA) is 59.4 Å². The lowest BCUT2D eigenvalue weighted by Crippen LogP contribution is -2.34. The number of methoxy groups -OCH3 is 1. The molecule has 1 aromatic carbocycles. The van der Waals surface area contributed by atoms with Crippen LogP contribution in [0.15, 0.2) is 47.8 Å². The Labute approximate surface area is 188 Å². The maximum absolute atomic E-state index is 13.2. The van der Waals surface area contributed by atoms with Gasteiger partial charge in [-0.25, -0.2) is 4.68 Å². The monoisotopic (exact) mass is 440 g/mol. The Morgan fingerprint density at radius 3 is 2.58 bits per heavy atom. The fourth-order valence-electron chi connectivity index (χ4n) is 3.54. The summed E-state index contributed by atoms with van der Waals surface area (Å²) in [5.74, 6) is 0.656. The van der Waals surface area contributed by atoms with E-state index in [9.17, 15) is 4.79 Å². The molecule has 166 valence electrons. The van der Waals surface area contributed by atoms with Gasteiger partial charge in [-0.3, -0.25) is 4.79 Å². The van der Waals surface area contributed by atoms with Gasteiger partial charge in [0, 0.05) is 6.04 Å². The number of hydrogen-bond acceptors (Lipinski definition) is 5. The highest BCUT2D eigenvalue weighted by Crippen LogP contribution is 2.26. The fraction of sp³-hybridized carbons (Fsp3) is 0.417. The summed E-state index contributed by atoms with van der Waals surface area (Å²) in [5, 5.41) is 9.90. The van der Waals surface area contributed by atoms with Crippen LogP contribution >= 0.6 is 11.3 Å². The number of rotatable bonds is 11. The lowest BCUT2D eigenvalue weighted by atomic mass is 10.1. The van der Waals surface area contributed by atoms with E-state index in [1.165, 1.54) is 0 Å². The molecular weight excluding hydrogens is 408 g/mol. The molecule has 2 heterocycles. The second-order valence-corrected chi connectivity index (χ2v) is 8.49. The van der Waals surface area contributed by atoms with Crippen molar-refractivity contribution in [3.8, 4) is 22.0 Å². The van der Waals surface area contributed by atoms with Gasteiger partial charge in [-0.2, -0.15) is 5.10 Å². The van der Waals surface area contributed by atoms with Gasteiger partial charge in [-0.05, 0) is 81.2 Å². The molecule has 7 heteroatoms. The number of ether oxygens (including phenoxy) is 1. The quantitative estimate of drug-likeness (QED) is 0.463. The van der Waals surface area contributed by atoms with Crippen molar-refractivity contribution in [2.24, 2.45) is 0 Å². The standard InChI is InChI=1S/C24H32N4O2S/c1-5-27(6-2)15-7-9-18(3)25-24(29)22-17-21(23-10-8-16-31-23)26-28(22)19-11-13-20(30-4)14-12-19/h8,10-14,16-18H,5-7,9,15H2,1-4H3,(H,25,29). The zero-order chi connectivity index (χ0) is 22.2. The average Bonchev–Trinajstić information content (AvgIpc) is 3.47. The lowest BCUT2D eigenvalue weighted by Gasteiger charge is -2.20. The first-order valence-electron chi connectivity index (χ1n) is 10.9. The van der Waals surface area contributed by atoms with Crippen LogP contribution in [0.1, 0.15) is 44.1 Å². The summed E-state index contributed by atoms with van der Waals surface area (Å²) in [7, 11) is 1.64. The Hall–Kier alpha value is -2.64. The molecule has 1 amide bonds. The first kappa shape index (κ1) is 23.0. The third kappa shape index (κ3) is 5.95. The van der Waals surface area contributed by atoms with Crippen molar-refractivity contribution in [2.75, 3.05) is 26.7 Å². The van der Waals surface area contributed by atoms with Crippen molar-refractivity contribution in [1.82, 2.24) is 20.0 Å². The van der Waals surface area contributed by atoms with E-state index in [1.54, 1.807) is 23.1 Å². The first-order chi connectivity index (χ1) is 15.0. The highest BCUT2D eigenvalue weighted by molar-refractivity contribution is 7.13. The van der Waals surface area contributed by atoms with Crippen molar-refractivity contribution in [1.29, 1.82) is 0 Å². The van der Waals surface area contributed by atoms with E-state index < -0.39 is 0 Å². The predicted molar refractivity (Wildman–Crippen MR) is 127 cm³/mol. The number of benzene rings is 1. The minimum absolute atomic E-state index is 0.0902. The summed E-state index contributed by atoms with van der Waals surface area (Å²) in [6.45, 7) is 9.60. The number of thiophene rings is 1. The summed E-state index contributed by atoms with van der Waals surface area (Å²) >= 11 is 1.61. The zero-order valence-electron chi connectivity index (χ0n) is 18.8. The third-order valence-corrected chi connectivity index (χ3v) is 6.31. The van der Waals surface area contributed by atoms with Crippen molar-refractivity contribution in [3.05, 3.63) is 53.5 Å². The molecule has 0 saturated heterocycles. The van der Waals surface area contributed by atoms with Crippen LogP contribution in [0.5, 0.6) is 5.75 Å². The summed E-state index contributed by atoms with van der Waals surface area (Å²) in [4.78, 5) is 16.6. The Morgan fingerprint density at radius 1 is 1.23 bits per heavy atom. The maximum Gasteiger partial charge on any atom is 0.270 e. The second kappa shape index (κ2) is 11.1. The van der Waals surface area contributed by atoms with Crippen LogP contribution in [-0.4, -0.2) is 53.4 Å². The van der Waals surface area contributed by atoms with Gasteiger partial charge in [0.15, 0.2) is 0 Å². The average molecular weight is 441 g/mol. The normalized spacial score (nSPS) is 12.2. The van der Waals surface area contributed by atoms with Crippen LogP contribution in [0.4, 0.5) is 0 Å². The number of nitrogens with zero attached hydrogens (tertiary/aromatic N) is 3. The van der Waals surface area contributed by atoms with E-state index in [1.807, 2.05) is 47.8 Å². The highest BCUT2D eigenvalue weighted by atomic mass is 32.1. The van der Waals surface area contributed by atoms with E-state index in [2.05, 4.69) is 31.0 Å².